The number of unbranched alkanes of at least 4 members (excludes halogenated alkanes) is 1. The molecule has 0 atom stereocenters. The van der Waals surface area contributed by atoms with Gasteiger partial charge in [0.2, 0.25) is 5.91 Å². The molecule has 2 rings (SSSR count). The number of hydrogen-bond acceptors (Lipinski definition) is 2. The highest BCUT2D eigenvalue weighted by molar-refractivity contribution is 6.30. The van der Waals surface area contributed by atoms with E-state index in [2.05, 4.69) is 12.2 Å². The molecular weight excluding hydrogens is 290 g/mol. The number of rotatable bonds is 6. The lowest BCUT2D eigenvalue weighted by Gasteiger charge is -2.18. The number of halogens is 1. The second kappa shape index (κ2) is 7.31. The van der Waals surface area contributed by atoms with Crippen LogP contribution >= 0.6 is 11.6 Å². The SMILES string of the molecule is CCCCNC(=O)CN1CCN(c2cccc(Cl)c2)C1=O. The summed E-state index contributed by atoms with van der Waals surface area (Å²) in [5.74, 6) is -0.107. The number of nitrogens with zero attached hydrogens (tertiary/aromatic N) is 2. The molecule has 0 aromatic heterocycles. The van der Waals surface area contributed by atoms with Crippen molar-refractivity contribution in [3.63, 3.8) is 0 Å². The van der Waals surface area contributed by atoms with Gasteiger partial charge in [0.05, 0.1) is 0 Å². The maximum absolute atomic E-state index is 12.3. The third-order valence-corrected chi connectivity index (χ3v) is 3.64. The van der Waals surface area contributed by atoms with E-state index in [1.54, 1.807) is 21.9 Å². The average Bonchev–Trinajstić information content (AvgIpc) is 2.80. The second-order valence-electron chi connectivity index (χ2n) is 5.04. The molecule has 1 fully saturated rings. The van der Waals surface area contributed by atoms with Gasteiger partial charge in [-0.2, -0.15) is 0 Å². The van der Waals surface area contributed by atoms with E-state index >= 15 is 0 Å². The Labute approximate surface area is 129 Å². The molecule has 1 N–H and O–H groups in total. The third-order valence-electron chi connectivity index (χ3n) is 3.40. The van der Waals surface area contributed by atoms with Crippen LogP contribution < -0.4 is 10.2 Å². The van der Waals surface area contributed by atoms with E-state index < -0.39 is 0 Å². The van der Waals surface area contributed by atoms with Crippen molar-refractivity contribution in [2.75, 3.05) is 31.1 Å². The van der Waals surface area contributed by atoms with E-state index in [1.165, 1.54) is 0 Å². The first kappa shape index (κ1) is 15.6. The number of carbonyl (C=O) groups is 2. The molecule has 1 saturated heterocycles. The van der Waals surface area contributed by atoms with E-state index in [0.29, 0.717) is 24.7 Å². The molecule has 21 heavy (non-hydrogen) atoms. The van der Waals surface area contributed by atoms with Crippen LogP contribution in [-0.4, -0.2) is 43.0 Å². The quantitative estimate of drug-likeness (QED) is 0.821. The summed E-state index contributed by atoms with van der Waals surface area (Å²) >= 11 is 5.95. The fourth-order valence-electron chi connectivity index (χ4n) is 2.25. The number of benzene rings is 1. The van der Waals surface area contributed by atoms with Gasteiger partial charge >= 0.3 is 6.03 Å². The van der Waals surface area contributed by atoms with Crippen LogP contribution in [0.15, 0.2) is 24.3 Å². The molecule has 0 saturated carbocycles. The van der Waals surface area contributed by atoms with Crippen LogP contribution in [0, 0.1) is 0 Å². The lowest BCUT2D eigenvalue weighted by molar-refractivity contribution is -0.121. The number of nitrogens with one attached hydrogen (secondary N) is 1. The molecule has 0 aliphatic carbocycles. The van der Waals surface area contributed by atoms with Gasteiger partial charge in [0.1, 0.15) is 6.54 Å². The van der Waals surface area contributed by atoms with Crippen LogP contribution in [-0.2, 0) is 4.79 Å². The van der Waals surface area contributed by atoms with Gasteiger partial charge in [0.15, 0.2) is 0 Å². The highest BCUT2D eigenvalue weighted by Crippen LogP contribution is 2.23. The standard InChI is InChI=1S/C15H20ClN3O2/c1-2-3-7-17-14(20)11-18-8-9-19(15(18)21)13-6-4-5-12(16)10-13/h4-6,10H,2-3,7-9,11H2,1H3,(H,17,20). The average molecular weight is 310 g/mol. The van der Waals surface area contributed by atoms with Crippen LogP contribution in [0.2, 0.25) is 5.02 Å². The smallest absolute Gasteiger partial charge is 0.325 e. The Morgan fingerprint density at radius 2 is 2.19 bits per heavy atom. The van der Waals surface area contributed by atoms with Gasteiger partial charge in [-0.25, -0.2) is 4.79 Å². The van der Waals surface area contributed by atoms with Gasteiger partial charge in [0, 0.05) is 30.3 Å². The first-order valence-electron chi connectivity index (χ1n) is 7.20. The minimum Gasteiger partial charge on any atom is -0.355 e. The van der Waals surface area contributed by atoms with Crippen molar-refractivity contribution in [1.82, 2.24) is 10.2 Å². The van der Waals surface area contributed by atoms with Crippen molar-refractivity contribution in [2.24, 2.45) is 0 Å². The zero-order valence-electron chi connectivity index (χ0n) is 12.1. The zero-order chi connectivity index (χ0) is 15.2. The van der Waals surface area contributed by atoms with Crippen molar-refractivity contribution < 1.29 is 9.59 Å². The van der Waals surface area contributed by atoms with Gasteiger partial charge in [0.25, 0.3) is 0 Å². The van der Waals surface area contributed by atoms with Gasteiger partial charge in [-0.3, -0.25) is 9.69 Å². The molecule has 3 amide bonds. The van der Waals surface area contributed by atoms with Crippen LogP contribution in [0.4, 0.5) is 10.5 Å². The van der Waals surface area contributed by atoms with Crippen molar-refractivity contribution in [3.8, 4) is 0 Å². The molecular formula is C15H20ClN3O2. The number of hydrogen-bond donors (Lipinski definition) is 1. The maximum Gasteiger partial charge on any atom is 0.325 e. The third kappa shape index (κ3) is 4.11. The molecule has 1 heterocycles. The lowest BCUT2D eigenvalue weighted by Crippen LogP contribution is -2.40. The molecule has 5 nitrogen and oxygen atoms in total. The summed E-state index contributed by atoms with van der Waals surface area (Å²) < 4.78 is 0. The Morgan fingerprint density at radius 1 is 1.38 bits per heavy atom. The van der Waals surface area contributed by atoms with E-state index in [0.717, 1.165) is 18.5 Å². The summed E-state index contributed by atoms with van der Waals surface area (Å²) in [6.45, 7) is 3.96. The summed E-state index contributed by atoms with van der Waals surface area (Å²) in [7, 11) is 0. The topological polar surface area (TPSA) is 52.7 Å². The van der Waals surface area contributed by atoms with Gasteiger partial charge in [-0.1, -0.05) is 31.0 Å². The molecule has 0 unspecified atom stereocenters. The van der Waals surface area contributed by atoms with E-state index in [-0.39, 0.29) is 18.5 Å². The summed E-state index contributed by atoms with van der Waals surface area (Å²) in [6, 6.07) is 7.03. The number of carbonyl (C=O) groups excluding carboxylic acids is 2. The number of amides is 3. The van der Waals surface area contributed by atoms with Gasteiger partial charge in [-0.15, -0.1) is 0 Å². The number of urea groups is 1. The highest BCUT2D eigenvalue weighted by Gasteiger charge is 2.30. The summed E-state index contributed by atoms with van der Waals surface area (Å²) in [5, 5.41) is 3.42. The first-order chi connectivity index (χ1) is 10.1. The molecule has 1 aromatic rings. The van der Waals surface area contributed by atoms with Crippen molar-refractivity contribution in [3.05, 3.63) is 29.3 Å². The molecule has 6 heteroatoms. The lowest BCUT2D eigenvalue weighted by atomic mass is 10.3. The predicted molar refractivity (Wildman–Crippen MR) is 83.7 cm³/mol. The summed E-state index contributed by atoms with van der Waals surface area (Å²) in [6.07, 6.45) is 1.99. The minimum atomic E-state index is -0.150. The summed E-state index contributed by atoms with van der Waals surface area (Å²) in [4.78, 5) is 27.3. The molecule has 0 spiro atoms. The van der Waals surface area contributed by atoms with Gasteiger partial charge < -0.3 is 10.2 Å². The minimum absolute atomic E-state index is 0.107. The summed E-state index contributed by atoms with van der Waals surface area (Å²) in [5.41, 5.74) is 0.765. The largest absolute Gasteiger partial charge is 0.355 e. The first-order valence-corrected chi connectivity index (χ1v) is 7.58. The molecule has 0 radical (unpaired) electrons. The Morgan fingerprint density at radius 3 is 2.90 bits per heavy atom. The maximum atomic E-state index is 12.3. The van der Waals surface area contributed by atoms with E-state index in [9.17, 15) is 9.59 Å². The van der Waals surface area contributed by atoms with Crippen LogP contribution in [0.1, 0.15) is 19.8 Å². The second-order valence-corrected chi connectivity index (χ2v) is 5.48. The normalized spacial score (nSPS) is 14.7. The Bertz CT molecular complexity index is 521. The predicted octanol–water partition coefficient (Wildman–Crippen LogP) is 2.50. The van der Waals surface area contributed by atoms with E-state index in [4.69, 9.17) is 11.6 Å². The van der Waals surface area contributed by atoms with Crippen molar-refractivity contribution >= 4 is 29.2 Å². The molecule has 1 aromatic carbocycles. The molecule has 1 aliphatic rings. The zero-order valence-corrected chi connectivity index (χ0v) is 12.9. The van der Waals surface area contributed by atoms with Gasteiger partial charge in [-0.05, 0) is 24.6 Å². The van der Waals surface area contributed by atoms with E-state index in [1.807, 2.05) is 12.1 Å². The fraction of sp³-hybridized carbons (Fsp3) is 0.467. The van der Waals surface area contributed by atoms with Crippen molar-refractivity contribution in [1.29, 1.82) is 0 Å². The van der Waals surface area contributed by atoms with Crippen molar-refractivity contribution in [2.45, 2.75) is 19.8 Å². The van der Waals surface area contributed by atoms with Crippen LogP contribution in [0.3, 0.4) is 0 Å². The molecule has 114 valence electrons. The van der Waals surface area contributed by atoms with Crippen LogP contribution in [0.25, 0.3) is 0 Å². The molecule has 1 aliphatic heterocycles. The monoisotopic (exact) mass is 309 g/mol. The van der Waals surface area contributed by atoms with Crippen LogP contribution in [0.5, 0.6) is 0 Å². The Kier molecular flexibility index (Phi) is 5.44. The molecule has 0 bridgehead atoms. The Hall–Kier alpha value is -1.75. The fourth-order valence-corrected chi connectivity index (χ4v) is 2.43. The highest BCUT2D eigenvalue weighted by atomic mass is 35.5. The number of anilines is 1. The Balaban J connectivity index is 1.91.